The molecule has 0 amide bonds. The van der Waals surface area contributed by atoms with Gasteiger partial charge >= 0.3 is 11.7 Å². The van der Waals surface area contributed by atoms with Crippen LogP contribution in [0, 0.1) is 11.8 Å². The van der Waals surface area contributed by atoms with Gasteiger partial charge in [0.05, 0.1) is 6.10 Å². The van der Waals surface area contributed by atoms with E-state index in [1.807, 2.05) is 13.8 Å². The lowest BCUT2D eigenvalue weighted by Crippen LogP contribution is -2.33. The van der Waals surface area contributed by atoms with Crippen LogP contribution in [0.15, 0.2) is 21.9 Å². The Morgan fingerprint density at radius 1 is 1.40 bits per heavy atom. The summed E-state index contributed by atoms with van der Waals surface area (Å²) in [6, 6.07) is 1.28. The first-order chi connectivity index (χ1) is 9.40. The molecule has 4 unspecified atom stereocenters. The number of hydrogen-bond donors (Lipinski definition) is 1. The first kappa shape index (κ1) is 14.5. The number of esters is 1. The molecule has 1 aromatic rings. The molecule has 2 heterocycles. The quantitative estimate of drug-likeness (QED) is 0.804. The zero-order valence-corrected chi connectivity index (χ0v) is 11.7. The summed E-state index contributed by atoms with van der Waals surface area (Å²) >= 11 is 0. The van der Waals surface area contributed by atoms with Crippen LogP contribution in [0.3, 0.4) is 0 Å². The first-order valence-electron chi connectivity index (χ1n) is 6.50. The number of nitrogens with one attached hydrogen (secondary N) is 1. The summed E-state index contributed by atoms with van der Waals surface area (Å²) in [6.07, 6.45) is 0.677. The lowest BCUT2D eigenvalue weighted by atomic mass is 9.93. The third-order valence-corrected chi connectivity index (χ3v) is 3.76. The average molecular weight is 282 g/mol. The second-order valence-corrected chi connectivity index (χ2v) is 5.10. The van der Waals surface area contributed by atoms with Gasteiger partial charge in [0.15, 0.2) is 0 Å². The highest BCUT2D eigenvalue weighted by Gasteiger charge is 2.40. The fourth-order valence-corrected chi connectivity index (χ4v) is 2.36. The van der Waals surface area contributed by atoms with Crippen LogP contribution in [0.2, 0.25) is 0 Å². The fourth-order valence-electron chi connectivity index (χ4n) is 2.36. The highest BCUT2D eigenvalue weighted by Crippen LogP contribution is 2.37. The van der Waals surface area contributed by atoms with Gasteiger partial charge in [-0.25, -0.2) is 4.79 Å². The molecule has 0 spiro atoms. The first-order valence-corrected chi connectivity index (χ1v) is 6.50. The maximum absolute atomic E-state index is 11.8. The molecule has 7 nitrogen and oxygen atoms in total. The van der Waals surface area contributed by atoms with E-state index in [0.29, 0.717) is 0 Å². The summed E-state index contributed by atoms with van der Waals surface area (Å²) in [5.41, 5.74) is -0.948. The Hall–Kier alpha value is -1.89. The standard InChI is InChI=1S/C13H18N2O5/c1-7-8(2)12(20-10(7)6-19-9(3)16)15-5-4-11(17)14-13(15)18/h4-5,7-8,10,12H,6H2,1-3H3,(H,14,17,18). The normalized spacial score (nSPS) is 29.4. The lowest BCUT2D eigenvalue weighted by Gasteiger charge is -2.18. The van der Waals surface area contributed by atoms with Gasteiger partial charge in [-0.2, -0.15) is 0 Å². The molecule has 1 N–H and O–H groups in total. The lowest BCUT2D eigenvalue weighted by molar-refractivity contribution is -0.146. The topological polar surface area (TPSA) is 90.4 Å². The average Bonchev–Trinajstić information content (AvgIpc) is 2.64. The zero-order valence-electron chi connectivity index (χ0n) is 11.7. The van der Waals surface area contributed by atoms with Crippen molar-refractivity contribution in [3.05, 3.63) is 33.1 Å². The molecule has 1 aliphatic rings. The second kappa shape index (κ2) is 5.62. The molecule has 2 rings (SSSR count). The van der Waals surface area contributed by atoms with E-state index in [1.165, 1.54) is 23.8 Å². The van der Waals surface area contributed by atoms with Gasteiger partial charge in [0.1, 0.15) is 12.8 Å². The van der Waals surface area contributed by atoms with E-state index < -0.39 is 17.5 Å². The molecule has 1 fully saturated rings. The van der Waals surface area contributed by atoms with Crippen molar-refractivity contribution in [1.29, 1.82) is 0 Å². The summed E-state index contributed by atoms with van der Waals surface area (Å²) in [5.74, 6) is -0.185. The van der Waals surface area contributed by atoms with Crippen LogP contribution >= 0.6 is 0 Å². The monoisotopic (exact) mass is 282 g/mol. The predicted octanol–water partition coefficient (Wildman–Crippen LogP) is 0.269. The molecule has 1 aromatic heterocycles. The molecule has 1 saturated heterocycles. The minimum absolute atomic E-state index is 0.0548. The van der Waals surface area contributed by atoms with E-state index in [0.717, 1.165) is 0 Å². The van der Waals surface area contributed by atoms with E-state index in [-0.39, 0.29) is 30.5 Å². The Labute approximate surface area is 115 Å². The molecule has 1 aliphatic heterocycles. The number of nitrogens with zero attached hydrogens (tertiary/aromatic N) is 1. The maximum atomic E-state index is 11.8. The van der Waals surface area contributed by atoms with Crippen molar-refractivity contribution < 1.29 is 14.3 Å². The van der Waals surface area contributed by atoms with Crippen LogP contribution in [0.5, 0.6) is 0 Å². The summed E-state index contributed by atoms with van der Waals surface area (Å²) in [6.45, 7) is 5.44. The second-order valence-electron chi connectivity index (χ2n) is 5.10. The zero-order chi connectivity index (χ0) is 14.9. The van der Waals surface area contributed by atoms with Gasteiger partial charge < -0.3 is 9.47 Å². The van der Waals surface area contributed by atoms with Gasteiger partial charge in [0.25, 0.3) is 5.56 Å². The van der Waals surface area contributed by atoms with Crippen molar-refractivity contribution in [3.63, 3.8) is 0 Å². The molecule has 0 radical (unpaired) electrons. The Bertz CT molecular complexity index is 605. The number of rotatable bonds is 3. The van der Waals surface area contributed by atoms with E-state index >= 15 is 0 Å². The van der Waals surface area contributed by atoms with E-state index in [1.54, 1.807) is 0 Å². The number of carbonyl (C=O) groups is 1. The Morgan fingerprint density at radius 2 is 2.10 bits per heavy atom. The molecular formula is C13H18N2O5. The number of carbonyl (C=O) groups excluding carboxylic acids is 1. The van der Waals surface area contributed by atoms with Gasteiger partial charge in [-0.3, -0.25) is 19.1 Å². The minimum atomic E-state index is -0.505. The van der Waals surface area contributed by atoms with Crippen LogP contribution in [-0.2, 0) is 14.3 Å². The van der Waals surface area contributed by atoms with Gasteiger partial charge in [-0.05, 0) is 5.92 Å². The smallest absolute Gasteiger partial charge is 0.330 e. The molecule has 110 valence electrons. The molecule has 0 aromatic carbocycles. The highest BCUT2D eigenvalue weighted by molar-refractivity contribution is 5.65. The van der Waals surface area contributed by atoms with Crippen molar-refractivity contribution in [2.24, 2.45) is 11.8 Å². The highest BCUT2D eigenvalue weighted by atomic mass is 16.6. The number of hydrogen-bond acceptors (Lipinski definition) is 5. The van der Waals surface area contributed by atoms with E-state index in [2.05, 4.69) is 4.98 Å². The fraction of sp³-hybridized carbons (Fsp3) is 0.615. The number of ether oxygens (including phenoxy) is 2. The molecular weight excluding hydrogens is 264 g/mol. The van der Waals surface area contributed by atoms with Crippen LogP contribution in [0.25, 0.3) is 0 Å². The molecule has 0 aliphatic carbocycles. The van der Waals surface area contributed by atoms with E-state index in [9.17, 15) is 14.4 Å². The van der Waals surface area contributed by atoms with E-state index in [4.69, 9.17) is 9.47 Å². The summed E-state index contributed by atoms with van der Waals surface area (Å²) in [5, 5.41) is 0. The van der Waals surface area contributed by atoms with Crippen LogP contribution in [-0.4, -0.2) is 28.2 Å². The van der Waals surface area contributed by atoms with Crippen molar-refractivity contribution in [2.75, 3.05) is 6.61 Å². The number of aromatic nitrogens is 2. The van der Waals surface area contributed by atoms with Crippen molar-refractivity contribution in [2.45, 2.75) is 33.1 Å². The Balaban J connectivity index is 2.19. The van der Waals surface area contributed by atoms with Crippen LogP contribution < -0.4 is 11.2 Å². The summed E-state index contributed by atoms with van der Waals surface area (Å²) in [7, 11) is 0. The van der Waals surface area contributed by atoms with Crippen LogP contribution in [0.1, 0.15) is 27.0 Å². The largest absolute Gasteiger partial charge is 0.463 e. The molecule has 20 heavy (non-hydrogen) atoms. The summed E-state index contributed by atoms with van der Waals surface area (Å²) < 4.78 is 12.1. The predicted molar refractivity (Wildman–Crippen MR) is 70.2 cm³/mol. The maximum Gasteiger partial charge on any atom is 0.330 e. The third-order valence-electron chi connectivity index (χ3n) is 3.76. The Morgan fingerprint density at radius 3 is 2.70 bits per heavy atom. The molecule has 0 bridgehead atoms. The van der Waals surface area contributed by atoms with Crippen molar-refractivity contribution in [3.8, 4) is 0 Å². The van der Waals surface area contributed by atoms with Gasteiger partial charge in [0.2, 0.25) is 0 Å². The van der Waals surface area contributed by atoms with Crippen molar-refractivity contribution in [1.82, 2.24) is 9.55 Å². The third kappa shape index (κ3) is 2.82. The van der Waals surface area contributed by atoms with Crippen LogP contribution in [0.4, 0.5) is 0 Å². The Kier molecular flexibility index (Phi) is 4.08. The number of H-pyrrole nitrogens is 1. The molecule has 7 heteroatoms. The minimum Gasteiger partial charge on any atom is -0.463 e. The molecule has 4 atom stereocenters. The van der Waals surface area contributed by atoms with Crippen molar-refractivity contribution >= 4 is 5.97 Å². The number of aromatic amines is 1. The van der Waals surface area contributed by atoms with Gasteiger partial charge in [-0.1, -0.05) is 13.8 Å². The molecule has 0 saturated carbocycles. The summed E-state index contributed by atoms with van der Waals surface area (Å²) in [4.78, 5) is 35.9. The van der Waals surface area contributed by atoms with Gasteiger partial charge in [0, 0.05) is 25.1 Å². The van der Waals surface area contributed by atoms with Gasteiger partial charge in [-0.15, -0.1) is 0 Å². The SMILES string of the molecule is CC(=O)OCC1OC(n2ccc(=O)[nH]c2=O)C(C)C1C.